The standard InChI is InChI=1S/C13H15BrF3NO2/c1-3-6-12(2,11(19)20)18-10-7-8(14)4-5-9(10)13(15,16)17/h4-5,7,18H,3,6H2,1-2H3,(H,19,20). The van der Waals surface area contributed by atoms with E-state index in [1.165, 1.54) is 19.1 Å². The Morgan fingerprint density at radius 2 is 2.00 bits per heavy atom. The van der Waals surface area contributed by atoms with Crippen LogP contribution in [0, 0.1) is 0 Å². The molecule has 0 aromatic heterocycles. The van der Waals surface area contributed by atoms with Crippen LogP contribution in [0.2, 0.25) is 0 Å². The maximum absolute atomic E-state index is 12.9. The molecule has 1 rings (SSSR count). The molecule has 0 heterocycles. The summed E-state index contributed by atoms with van der Waals surface area (Å²) in [5.41, 5.74) is -2.58. The summed E-state index contributed by atoms with van der Waals surface area (Å²) in [6, 6.07) is 3.42. The lowest BCUT2D eigenvalue weighted by molar-refractivity contribution is -0.142. The molecule has 20 heavy (non-hydrogen) atoms. The summed E-state index contributed by atoms with van der Waals surface area (Å²) in [6.07, 6.45) is -3.80. The molecule has 0 radical (unpaired) electrons. The van der Waals surface area contributed by atoms with Crippen molar-refractivity contribution >= 4 is 27.6 Å². The van der Waals surface area contributed by atoms with Crippen LogP contribution in [0.15, 0.2) is 22.7 Å². The van der Waals surface area contributed by atoms with Crippen molar-refractivity contribution in [3.8, 4) is 0 Å². The average molecular weight is 354 g/mol. The molecule has 112 valence electrons. The lowest BCUT2D eigenvalue weighted by Gasteiger charge is -2.28. The highest BCUT2D eigenvalue weighted by Crippen LogP contribution is 2.37. The minimum atomic E-state index is -4.55. The van der Waals surface area contributed by atoms with Gasteiger partial charge in [0, 0.05) is 10.2 Å². The second-order valence-electron chi connectivity index (χ2n) is 4.70. The van der Waals surface area contributed by atoms with Gasteiger partial charge >= 0.3 is 12.1 Å². The van der Waals surface area contributed by atoms with Gasteiger partial charge in [-0.2, -0.15) is 13.2 Å². The fourth-order valence-electron chi connectivity index (χ4n) is 1.89. The molecule has 0 aliphatic carbocycles. The van der Waals surface area contributed by atoms with Gasteiger partial charge in [0.1, 0.15) is 5.54 Å². The number of carboxylic acids is 1. The highest BCUT2D eigenvalue weighted by molar-refractivity contribution is 9.10. The molecular formula is C13H15BrF3NO2. The number of alkyl halides is 3. The number of halogens is 4. The molecule has 0 saturated heterocycles. The minimum absolute atomic E-state index is 0.214. The van der Waals surface area contributed by atoms with Crippen molar-refractivity contribution in [3.63, 3.8) is 0 Å². The van der Waals surface area contributed by atoms with E-state index in [4.69, 9.17) is 0 Å². The first kappa shape index (κ1) is 16.8. The first-order chi connectivity index (χ1) is 9.10. The van der Waals surface area contributed by atoms with Crippen LogP contribution in [0.3, 0.4) is 0 Å². The average Bonchev–Trinajstić information content (AvgIpc) is 2.27. The van der Waals surface area contributed by atoms with Gasteiger partial charge in [0.25, 0.3) is 0 Å². The molecule has 0 amide bonds. The van der Waals surface area contributed by atoms with Crippen LogP contribution in [0.4, 0.5) is 18.9 Å². The molecule has 0 aliphatic heterocycles. The Hall–Kier alpha value is -1.24. The zero-order chi connectivity index (χ0) is 15.6. The summed E-state index contributed by atoms with van der Waals surface area (Å²) in [7, 11) is 0. The van der Waals surface area contributed by atoms with E-state index in [0.717, 1.165) is 6.07 Å². The largest absolute Gasteiger partial charge is 0.480 e. The molecule has 0 saturated carbocycles. The molecule has 1 atom stereocenters. The van der Waals surface area contributed by atoms with Gasteiger partial charge in [0.2, 0.25) is 0 Å². The maximum atomic E-state index is 12.9. The van der Waals surface area contributed by atoms with Gasteiger partial charge in [-0.1, -0.05) is 29.3 Å². The molecule has 0 aliphatic rings. The van der Waals surface area contributed by atoms with Crippen molar-refractivity contribution in [1.82, 2.24) is 0 Å². The Morgan fingerprint density at radius 1 is 1.40 bits per heavy atom. The molecule has 1 unspecified atom stereocenters. The molecule has 2 N–H and O–H groups in total. The SMILES string of the molecule is CCCC(C)(Nc1cc(Br)ccc1C(F)(F)F)C(=O)O. The summed E-state index contributed by atoms with van der Waals surface area (Å²) < 4.78 is 39.3. The van der Waals surface area contributed by atoms with Crippen LogP contribution in [-0.4, -0.2) is 16.6 Å². The topological polar surface area (TPSA) is 49.3 Å². The molecule has 0 fully saturated rings. The summed E-state index contributed by atoms with van der Waals surface area (Å²) >= 11 is 3.09. The highest BCUT2D eigenvalue weighted by Gasteiger charge is 2.38. The van der Waals surface area contributed by atoms with E-state index in [2.05, 4.69) is 21.2 Å². The van der Waals surface area contributed by atoms with Gasteiger partial charge in [-0.05, 0) is 31.5 Å². The number of nitrogens with one attached hydrogen (secondary N) is 1. The molecule has 7 heteroatoms. The fraction of sp³-hybridized carbons (Fsp3) is 0.462. The van der Waals surface area contributed by atoms with E-state index in [9.17, 15) is 23.1 Å². The maximum Gasteiger partial charge on any atom is 0.418 e. The minimum Gasteiger partial charge on any atom is -0.480 e. The Bertz CT molecular complexity index is 505. The van der Waals surface area contributed by atoms with Gasteiger partial charge in [-0.15, -0.1) is 0 Å². The van der Waals surface area contributed by atoms with E-state index in [0.29, 0.717) is 10.9 Å². The van der Waals surface area contributed by atoms with Crippen molar-refractivity contribution in [2.45, 2.75) is 38.4 Å². The second-order valence-corrected chi connectivity index (χ2v) is 5.62. The zero-order valence-corrected chi connectivity index (χ0v) is 12.6. The van der Waals surface area contributed by atoms with E-state index >= 15 is 0 Å². The normalized spacial score (nSPS) is 14.7. The molecule has 0 spiro atoms. The Labute approximate surface area is 123 Å². The molecule has 1 aromatic carbocycles. The summed E-state index contributed by atoms with van der Waals surface area (Å²) in [6.45, 7) is 3.15. The first-order valence-corrected chi connectivity index (χ1v) is 6.78. The number of hydrogen-bond donors (Lipinski definition) is 2. The van der Waals surface area contributed by atoms with E-state index in [1.54, 1.807) is 6.92 Å². The third-order valence-electron chi connectivity index (χ3n) is 2.92. The lowest BCUT2D eigenvalue weighted by atomic mass is 9.95. The van der Waals surface area contributed by atoms with Gasteiger partial charge in [0.05, 0.1) is 5.56 Å². The summed E-state index contributed by atoms with van der Waals surface area (Å²) in [4.78, 5) is 11.3. The first-order valence-electron chi connectivity index (χ1n) is 5.98. The fourth-order valence-corrected chi connectivity index (χ4v) is 2.25. The molecular weight excluding hydrogens is 339 g/mol. The molecule has 1 aromatic rings. The Balaban J connectivity index is 3.25. The number of rotatable bonds is 5. The van der Waals surface area contributed by atoms with Crippen LogP contribution in [0.1, 0.15) is 32.3 Å². The number of benzene rings is 1. The van der Waals surface area contributed by atoms with Gasteiger partial charge in [0.15, 0.2) is 0 Å². The summed E-state index contributed by atoms with van der Waals surface area (Å²) in [5, 5.41) is 11.8. The van der Waals surface area contributed by atoms with E-state index in [1.807, 2.05) is 0 Å². The van der Waals surface area contributed by atoms with Crippen molar-refractivity contribution in [1.29, 1.82) is 0 Å². The Kier molecular flexibility index (Phi) is 5.07. The van der Waals surface area contributed by atoms with Gasteiger partial charge < -0.3 is 10.4 Å². The second kappa shape index (κ2) is 6.03. The number of carbonyl (C=O) groups is 1. The smallest absolute Gasteiger partial charge is 0.418 e. The van der Waals surface area contributed by atoms with Crippen molar-refractivity contribution in [2.24, 2.45) is 0 Å². The van der Waals surface area contributed by atoms with Crippen LogP contribution in [0.25, 0.3) is 0 Å². The quantitative estimate of drug-likeness (QED) is 0.817. The number of carboxylic acid groups (broad SMARTS) is 1. The predicted molar refractivity (Wildman–Crippen MR) is 73.7 cm³/mol. The Morgan fingerprint density at radius 3 is 2.45 bits per heavy atom. The number of anilines is 1. The van der Waals surface area contributed by atoms with Crippen molar-refractivity contribution in [3.05, 3.63) is 28.2 Å². The molecule has 0 bridgehead atoms. The van der Waals surface area contributed by atoms with Gasteiger partial charge in [-0.3, -0.25) is 0 Å². The van der Waals surface area contributed by atoms with E-state index in [-0.39, 0.29) is 12.1 Å². The van der Waals surface area contributed by atoms with Crippen LogP contribution < -0.4 is 5.32 Å². The summed E-state index contributed by atoms with van der Waals surface area (Å²) in [5.74, 6) is -1.19. The molecule has 3 nitrogen and oxygen atoms in total. The lowest BCUT2D eigenvalue weighted by Crippen LogP contribution is -2.43. The number of aliphatic carboxylic acids is 1. The van der Waals surface area contributed by atoms with Crippen LogP contribution in [0.5, 0.6) is 0 Å². The highest BCUT2D eigenvalue weighted by atomic mass is 79.9. The monoisotopic (exact) mass is 353 g/mol. The zero-order valence-electron chi connectivity index (χ0n) is 11.0. The number of hydrogen-bond acceptors (Lipinski definition) is 2. The van der Waals surface area contributed by atoms with Gasteiger partial charge in [-0.25, -0.2) is 4.79 Å². The van der Waals surface area contributed by atoms with E-state index < -0.39 is 23.2 Å². The van der Waals surface area contributed by atoms with Crippen molar-refractivity contribution in [2.75, 3.05) is 5.32 Å². The van der Waals surface area contributed by atoms with Crippen LogP contribution in [-0.2, 0) is 11.0 Å². The predicted octanol–water partition coefficient (Wildman–Crippen LogP) is 4.52. The third-order valence-corrected chi connectivity index (χ3v) is 3.41. The van der Waals surface area contributed by atoms with Crippen molar-refractivity contribution < 1.29 is 23.1 Å². The van der Waals surface area contributed by atoms with Crippen LogP contribution >= 0.6 is 15.9 Å². The third kappa shape index (κ3) is 3.88.